The van der Waals surface area contributed by atoms with E-state index in [9.17, 15) is 0 Å². The molecular formula is C14H22N6. The second-order valence-corrected chi connectivity index (χ2v) is 4.51. The van der Waals surface area contributed by atoms with Crippen LogP contribution in [-0.4, -0.2) is 49.2 Å². The quantitative estimate of drug-likeness (QED) is 0.647. The minimum atomic E-state index is 0.618. The Labute approximate surface area is 120 Å². The summed E-state index contributed by atoms with van der Waals surface area (Å²) in [7, 11) is 0. The van der Waals surface area contributed by atoms with E-state index in [-0.39, 0.29) is 0 Å². The summed E-state index contributed by atoms with van der Waals surface area (Å²) < 4.78 is 0. The number of nitrogens with zero attached hydrogens (tertiary/aromatic N) is 3. The number of rotatable bonds is 7. The maximum absolute atomic E-state index is 4.56. The summed E-state index contributed by atoms with van der Waals surface area (Å²) in [5.74, 6) is 2.37. The van der Waals surface area contributed by atoms with E-state index in [2.05, 4.69) is 44.0 Å². The molecule has 0 unspecified atom stereocenters. The third kappa shape index (κ3) is 3.96. The van der Waals surface area contributed by atoms with E-state index >= 15 is 0 Å². The summed E-state index contributed by atoms with van der Waals surface area (Å²) in [5.41, 5.74) is 0. The molecule has 108 valence electrons. The molecule has 3 N–H and O–H groups in total. The summed E-state index contributed by atoms with van der Waals surface area (Å²) in [4.78, 5) is 11.3. The molecule has 0 spiro atoms. The smallest absolute Gasteiger partial charge is 0.226 e. The van der Waals surface area contributed by atoms with Crippen LogP contribution >= 0.6 is 0 Å². The molecule has 6 nitrogen and oxygen atoms in total. The third-order valence-electron chi connectivity index (χ3n) is 2.99. The number of piperazine rings is 1. The highest BCUT2D eigenvalue weighted by Gasteiger charge is 2.14. The SMILES string of the molecule is C=CCNc1cc(N2CCNCC2)nc(NCC=C)n1. The normalized spacial score (nSPS) is 14.7. The second kappa shape index (κ2) is 7.49. The molecule has 1 aromatic rings. The van der Waals surface area contributed by atoms with Gasteiger partial charge < -0.3 is 20.9 Å². The van der Waals surface area contributed by atoms with E-state index in [4.69, 9.17) is 0 Å². The Morgan fingerprint density at radius 2 is 1.85 bits per heavy atom. The first-order valence-corrected chi connectivity index (χ1v) is 6.88. The van der Waals surface area contributed by atoms with Gasteiger partial charge in [-0.2, -0.15) is 9.97 Å². The number of anilines is 3. The Bertz CT molecular complexity index is 423. The lowest BCUT2D eigenvalue weighted by atomic mass is 10.3. The van der Waals surface area contributed by atoms with Gasteiger partial charge in [0.25, 0.3) is 0 Å². The van der Waals surface area contributed by atoms with E-state index in [0.29, 0.717) is 19.0 Å². The predicted octanol–water partition coefficient (Wildman–Crippen LogP) is 1.08. The van der Waals surface area contributed by atoms with E-state index in [1.54, 1.807) is 6.08 Å². The van der Waals surface area contributed by atoms with Crippen molar-refractivity contribution in [3.8, 4) is 0 Å². The summed E-state index contributed by atoms with van der Waals surface area (Å²) in [6.07, 6.45) is 3.60. The van der Waals surface area contributed by atoms with Gasteiger partial charge in [0.15, 0.2) is 0 Å². The van der Waals surface area contributed by atoms with Gasteiger partial charge in [-0.3, -0.25) is 0 Å². The van der Waals surface area contributed by atoms with Gasteiger partial charge >= 0.3 is 0 Å². The van der Waals surface area contributed by atoms with Gasteiger partial charge in [-0.05, 0) is 0 Å². The zero-order chi connectivity index (χ0) is 14.2. The molecule has 2 rings (SSSR count). The zero-order valence-electron chi connectivity index (χ0n) is 11.7. The van der Waals surface area contributed by atoms with Crippen LogP contribution in [0.25, 0.3) is 0 Å². The molecule has 2 heterocycles. The van der Waals surface area contributed by atoms with E-state index in [1.165, 1.54) is 0 Å². The van der Waals surface area contributed by atoms with Gasteiger partial charge in [0.05, 0.1) is 0 Å². The summed E-state index contributed by atoms with van der Waals surface area (Å²) >= 11 is 0. The molecule has 0 aliphatic carbocycles. The molecule has 0 bridgehead atoms. The Morgan fingerprint density at radius 1 is 1.15 bits per heavy atom. The van der Waals surface area contributed by atoms with Crippen LogP contribution in [-0.2, 0) is 0 Å². The fourth-order valence-electron chi connectivity index (χ4n) is 2.00. The summed E-state index contributed by atoms with van der Waals surface area (Å²) in [6.45, 7) is 12.6. The molecule has 6 heteroatoms. The Balaban J connectivity index is 2.18. The number of hydrogen-bond donors (Lipinski definition) is 3. The lowest BCUT2D eigenvalue weighted by Gasteiger charge is -2.28. The maximum atomic E-state index is 4.56. The van der Waals surface area contributed by atoms with Crippen molar-refractivity contribution < 1.29 is 0 Å². The topological polar surface area (TPSA) is 65.1 Å². The third-order valence-corrected chi connectivity index (χ3v) is 2.99. The van der Waals surface area contributed by atoms with Crippen molar-refractivity contribution in [3.63, 3.8) is 0 Å². The van der Waals surface area contributed by atoms with Crippen molar-refractivity contribution in [1.82, 2.24) is 15.3 Å². The molecule has 0 saturated carbocycles. The first-order valence-electron chi connectivity index (χ1n) is 6.88. The standard InChI is InChI=1S/C14H22N6/c1-3-5-16-12-11-13(20-9-7-15-8-10-20)19-14(18-12)17-6-4-2/h3-4,11,15H,1-2,5-10H2,(H2,16,17,18,19). The Kier molecular flexibility index (Phi) is 5.37. The fraction of sp³-hybridized carbons (Fsp3) is 0.429. The molecule has 0 amide bonds. The van der Waals surface area contributed by atoms with E-state index < -0.39 is 0 Å². The van der Waals surface area contributed by atoms with Gasteiger partial charge in [-0.15, -0.1) is 13.2 Å². The molecule has 0 radical (unpaired) electrons. The highest BCUT2D eigenvalue weighted by molar-refractivity contribution is 5.54. The maximum Gasteiger partial charge on any atom is 0.226 e. The zero-order valence-corrected chi connectivity index (χ0v) is 11.7. The van der Waals surface area contributed by atoms with Crippen molar-refractivity contribution in [1.29, 1.82) is 0 Å². The first-order chi connectivity index (χ1) is 9.83. The van der Waals surface area contributed by atoms with Crippen LogP contribution in [0.5, 0.6) is 0 Å². The first kappa shape index (κ1) is 14.3. The average molecular weight is 274 g/mol. The van der Waals surface area contributed by atoms with E-state index in [0.717, 1.165) is 37.8 Å². The van der Waals surface area contributed by atoms with E-state index in [1.807, 2.05) is 12.1 Å². The second-order valence-electron chi connectivity index (χ2n) is 4.51. The molecule has 1 saturated heterocycles. The van der Waals surface area contributed by atoms with Gasteiger partial charge in [0, 0.05) is 45.3 Å². The lowest BCUT2D eigenvalue weighted by Crippen LogP contribution is -2.44. The van der Waals surface area contributed by atoms with Crippen molar-refractivity contribution in [3.05, 3.63) is 31.4 Å². The lowest BCUT2D eigenvalue weighted by molar-refractivity contribution is 0.585. The fourth-order valence-corrected chi connectivity index (χ4v) is 2.00. The average Bonchev–Trinajstić information content (AvgIpc) is 2.51. The minimum Gasteiger partial charge on any atom is -0.366 e. The molecule has 20 heavy (non-hydrogen) atoms. The molecule has 1 aromatic heterocycles. The largest absolute Gasteiger partial charge is 0.366 e. The molecule has 0 aromatic carbocycles. The number of nitrogens with one attached hydrogen (secondary N) is 3. The summed E-state index contributed by atoms with van der Waals surface area (Å²) in [5, 5.41) is 9.70. The van der Waals surface area contributed by atoms with Crippen LogP contribution in [0.3, 0.4) is 0 Å². The van der Waals surface area contributed by atoms with Gasteiger partial charge in [-0.1, -0.05) is 12.2 Å². The van der Waals surface area contributed by atoms with Crippen molar-refractivity contribution in [2.75, 3.05) is 54.8 Å². The van der Waals surface area contributed by atoms with Crippen LogP contribution in [0.1, 0.15) is 0 Å². The number of hydrogen-bond acceptors (Lipinski definition) is 6. The molecule has 1 fully saturated rings. The molecule has 0 atom stereocenters. The highest BCUT2D eigenvalue weighted by atomic mass is 15.3. The van der Waals surface area contributed by atoms with Crippen LogP contribution in [0.15, 0.2) is 31.4 Å². The van der Waals surface area contributed by atoms with Gasteiger partial charge in [0.1, 0.15) is 11.6 Å². The van der Waals surface area contributed by atoms with Crippen LogP contribution in [0.2, 0.25) is 0 Å². The predicted molar refractivity (Wildman–Crippen MR) is 84.5 cm³/mol. The summed E-state index contributed by atoms with van der Waals surface area (Å²) in [6, 6.07) is 1.98. The van der Waals surface area contributed by atoms with Crippen molar-refractivity contribution in [2.24, 2.45) is 0 Å². The van der Waals surface area contributed by atoms with Crippen molar-refractivity contribution >= 4 is 17.6 Å². The minimum absolute atomic E-state index is 0.618. The Morgan fingerprint density at radius 3 is 2.55 bits per heavy atom. The van der Waals surface area contributed by atoms with Gasteiger partial charge in [0.2, 0.25) is 5.95 Å². The molecular weight excluding hydrogens is 252 g/mol. The van der Waals surface area contributed by atoms with Crippen LogP contribution in [0, 0.1) is 0 Å². The van der Waals surface area contributed by atoms with Crippen molar-refractivity contribution in [2.45, 2.75) is 0 Å². The number of aromatic nitrogens is 2. The van der Waals surface area contributed by atoms with Crippen LogP contribution < -0.4 is 20.9 Å². The Hall–Kier alpha value is -2.08. The monoisotopic (exact) mass is 274 g/mol. The van der Waals surface area contributed by atoms with Crippen LogP contribution in [0.4, 0.5) is 17.6 Å². The highest BCUT2D eigenvalue weighted by Crippen LogP contribution is 2.18. The van der Waals surface area contributed by atoms with Gasteiger partial charge in [-0.25, -0.2) is 0 Å². The molecule has 1 aliphatic heterocycles. The molecule has 1 aliphatic rings.